The van der Waals surface area contributed by atoms with Gasteiger partial charge in [-0.1, -0.05) is 22.0 Å². The summed E-state index contributed by atoms with van der Waals surface area (Å²) in [5.74, 6) is 0. The fourth-order valence-corrected chi connectivity index (χ4v) is 1.55. The zero-order valence-corrected chi connectivity index (χ0v) is 9.89. The maximum absolute atomic E-state index is 5.53. The molecule has 1 nitrogen and oxygen atoms in total. The summed E-state index contributed by atoms with van der Waals surface area (Å²) >= 11 is 3.44. The van der Waals surface area contributed by atoms with Crippen molar-refractivity contribution in [3.63, 3.8) is 0 Å². The summed E-state index contributed by atoms with van der Waals surface area (Å²) in [6.45, 7) is 6.91. The second kappa shape index (κ2) is 4.77. The molecule has 0 aliphatic rings. The van der Waals surface area contributed by atoms with Crippen molar-refractivity contribution in [1.82, 2.24) is 0 Å². The lowest BCUT2D eigenvalue weighted by Gasteiger charge is -2.09. The van der Waals surface area contributed by atoms with E-state index in [0.717, 1.165) is 4.47 Å². The van der Waals surface area contributed by atoms with Gasteiger partial charge in [0, 0.05) is 4.47 Å². The van der Waals surface area contributed by atoms with Crippen molar-refractivity contribution in [3.05, 3.63) is 33.8 Å². The highest BCUT2D eigenvalue weighted by molar-refractivity contribution is 9.10. The van der Waals surface area contributed by atoms with Gasteiger partial charge < -0.3 is 4.74 Å². The van der Waals surface area contributed by atoms with Crippen LogP contribution >= 0.6 is 15.9 Å². The number of aryl methyl sites for hydroxylation is 1. The largest absolute Gasteiger partial charge is 0.374 e. The van der Waals surface area contributed by atoms with E-state index >= 15 is 0 Å². The number of benzene rings is 1. The molecule has 0 bridgehead atoms. The maximum atomic E-state index is 5.53. The minimum Gasteiger partial charge on any atom is -0.374 e. The molecule has 0 atom stereocenters. The molecule has 0 amide bonds. The van der Waals surface area contributed by atoms with Crippen LogP contribution < -0.4 is 0 Å². The van der Waals surface area contributed by atoms with Gasteiger partial charge in [-0.15, -0.1) is 0 Å². The van der Waals surface area contributed by atoms with Crippen molar-refractivity contribution in [2.45, 2.75) is 33.5 Å². The topological polar surface area (TPSA) is 9.23 Å². The molecule has 0 aliphatic carbocycles. The Balaban J connectivity index is 2.67. The van der Waals surface area contributed by atoms with E-state index in [9.17, 15) is 0 Å². The Morgan fingerprint density at radius 1 is 1.38 bits per heavy atom. The standard InChI is InChI=1S/C11H15BrO/c1-8(2)13-7-10-4-5-11(12)6-9(10)3/h4-6,8H,7H2,1-3H3. The molecular weight excluding hydrogens is 228 g/mol. The molecule has 0 spiro atoms. The second-order valence-electron chi connectivity index (χ2n) is 3.43. The smallest absolute Gasteiger partial charge is 0.0722 e. The van der Waals surface area contributed by atoms with Gasteiger partial charge in [0.25, 0.3) is 0 Å². The molecule has 0 aliphatic heterocycles. The van der Waals surface area contributed by atoms with Crippen LogP contribution in [0, 0.1) is 6.92 Å². The van der Waals surface area contributed by atoms with Gasteiger partial charge in [0.2, 0.25) is 0 Å². The minimum atomic E-state index is 0.294. The SMILES string of the molecule is Cc1cc(Br)ccc1COC(C)C. The first-order chi connectivity index (χ1) is 6.09. The second-order valence-corrected chi connectivity index (χ2v) is 4.35. The molecule has 1 aromatic carbocycles. The van der Waals surface area contributed by atoms with Crippen molar-refractivity contribution < 1.29 is 4.74 Å². The normalized spacial score (nSPS) is 10.8. The van der Waals surface area contributed by atoms with Gasteiger partial charge in [0.15, 0.2) is 0 Å². The molecule has 0 radical (unpaired) electrons. The Labute approximate surface area is 88.2 Å². The molecule has 0 aromatic heterocycles. The first kappa shape index (κ1) is 10.7. The van der Waals surface area contributed by atoms with E-state index in [1.807, 2.05) is 19.9 Å². The Bertz CT molecular complexity index is 281. The van der Waals surface area contributed by atoms with E-state index in [4.69, 9.17) is 4.74 Å². The molecule has 0 heterocycles. The lowest BCUT2D eigenvalue weighted by atomic mass is 10.1. The molecule has 1 rings (SSSR count). The monoisotopic (exact) mass is 242 g/mol. The first-order valence-electron chi connectivity index (χ1n) is 4.46. The van der Waals surface area contributed by atoms with Gasteiger partial charge in [0.05, 0.1) is 12.7 Å². The molecule has 0 fully saturated rings. The van der Waals surface area contributed by atoms with Crippen LogP contribution in [-0.2, 0) is 11.3 Å². The number of halogens is 1. The Kier molecular flexibility index (Phi) is 3.94. The first-order valence-corrected chi connectivity index (χ1v) is 5.25. The van der Waals surface area contributed by atoms with Gasteiger partial charge in [0.1, 0.15) is 0 Å². The quantitative estimate of drug-likeness (QED) is 0.786. The van der Waals surface area contributed by atoms with Crippen molar-refractivity contribution in [1.29, 1.82) is 0 Å². The van der Waals surface area contributed by atoms with Crippen molar-refractivity contribution in [2.24, 2.45) is 0 Å². The third-order valence-electron chi connectivity index (χ3n) is 1.88. The predicted octanol–water partition coefficient (Wildman–Crippen LogP) is 3.68. The van der Waals surface area contributed by atoms with Gasteiger partial charge in [-0.25, -0.2) is 0 Å². The Morgan fingerprint density at radius 3 is 2.62 bits per heavy atom. The highest BCUT2D eigenvalue weighted by Crippen LogP contribution is 2.16. The lowest BCUT2D eigenvalue weighted by Crippen LogP contribution is -2.03. The highest BCUT2D eigenvalue weighted by atomic mass is 79.9. The van der Waals surface area contributed by atoms with E-state index < -0.39 is 0 Å². The lowest BCUT2D eigenvalue weighted by molar-refractivity contribution is 0.0654. The van der Waals surface area contributed by atoms with E-state index in [0.29, 0.717) is 12.7 Å². The average Bonchev–Trinajstić information content (AvgIpc) is 2.02. The summed E-state index contributed by atoms with van der Waals surface area (Å²) < 4.78 is 6.66. The van der Waals surface area contributed by atoms with E-state index in [2.05, 4.69) is 35.0 Å². The zero-order valence-electron chi connectivity index (χ0n) is 8.30. The van der Waals surface area contributed by atoms with Crippen molar-refractivity contribution >= 4 is 15.9 Å². The molecule has 0 unspecified atom stereocenters. The van der Waals surface area contributed by atoms with Gasteiger partial charge in [-0.2, -0.15) is 0 Å². The van der Waals surface area contributed by atoms with Gasteiger partial charge in [-0.3, -0.25) is 0 Å². The Morgan fingerprint density at radius 2 is 2.08 bits per heavy atom. The maximum Gasteiger partial charge on any atom is 0.0722 e. The summed E-state index contributed by atoms with van der Waals surface area (Å²) in [7, 11) is 0. The number of rotatable bonds is 3. The highest BCUT2D eigenvalue weighted by Gasteiger charge is 2.00. The fraction of sp³-hybridized carbons (Fsp3) is 0.455. The average molecular weight is 243 g/mol. The van der Waals surface area contributed by atoms with E-state index in [1.165, 1.54) is 11.1 Å². The van der Waals surface area contributed by atoms with Gasteiger partial charge in [-0.05, 0) is 44.0 Å². The van der Waals surface area contributed by atoms with Crippen molar-refractivity contribution in [3.8, 4) is 0 Å². The molecule has 0 saturated heterocycles. The van der Waals surface area contributed by atoms with E-state index in [1.54, 1.807) is 0 Å². The van der Waals surface area contributed by atoms with Crippen LogP contribution in [0.2, 0.25) is 0 Å². The molecule has 2 heteroatoms. The van der Waals surface area contributed by atoms with E-state index in [-0.39, 0.29) is 0 Å². The molecule has 1 aromatic rings. The zero-order chi connectivity index (χ0) is 9.84. The van der Waals surface area contributed by atoms with Crippen molar-refractivity contribution in [2.75, 3.05) is 0 Å². The van der Waals surface area contributed by atoms with Crippen LogP contribution in [0.15, 0.2) is 22.7 Å². The summed E-state index contributed by atoms with van der Waals surface area (Å²) in [4.78, 5) is 0. The predicted molar refractivity (Wildman–Crippen MR) is 58.8 cm³/mol. The minimum absolute atomic E-state index is 0.294. The summed E-state index contributed by atoms with van der Waals surface area (Å²) in [6.07, 6.45) is 0.294. The molecule has 72 valence electrons. The third-order valence-corrected chi connectivity index (χ3v) is 2.37. The fourth-order valence-electron chi connectivity index (χ4n) is 1.08. The number of hydrogen-bond acceptors (Lipinski definition) is 1. The van der Waals surface area contributed by atoms with Gasteiger partial charge >= 0.3 is 0 Å². The third kappa shape index (κ3) is 3.49. The summed E-state index contributed by atoms with van der Waals surface area (Å²) in [5, 5.41) is 0. The summed E-state index contributed by atoms with van der Waals surface area (Å²) in [6, 6.07) is 6.26. The van der Waals surface area contributed by atoms with Crippen LogP contribution in [0.4, 0.5) is 0 Å². The van der Waals surface area contributed by atoms with Crippen LogP contribution in [0.25, 0.3) is 0 Å². The summed E-state index contributed by atoms with van der Waals surface area (Å²) in [5.41, 5.74) is 2.53. The molecule has 0 saturated carbocycles. The van der Waals surface area contributed by atoms with Crippen LogP contribution in [0.5, 0.6) is 0 Å². The number of ether oxygens (including phenoxy) is 1. The molecular formula is C11H15BrO. The molecule has 13 heavy (non-hydrogen) atoms. The van der Waals surface area contributed by atoms with Crippen LogP contribution in [0.1, 0.15) is 25.0 Å². The van der Waals surface area contributed by atoms with Crippen LogP contribution in [-0.4, -0.2) is 6.10 Å². The molecule has 0 N–H and O–H groups in total. The van der Waals surface area contributed by atoms with Crippen LogP contribution in [0.3, 0.4) is 0 Å². The Hall–Kier alpha value is -0.340. The number of hydrogen-bond donors (Lipinski definition) is 0.